The molecular weight excluding hydrogens is 260 g/mol. The van der Waals surface area contributed by atoms with Gasteiger partial charge in [-0.05, 0) is 35.7 Å². The van der Waals surface area contributed by atoms with Gasteiger partial charge in [0.15, 0.2) is 0 Å². The predicted molar refractivity (Wildman–Crippen MR) is 88.8 cm³/mol. The van der Waals surface area contributed by atoms with Gasteiger partial charge in [-0.1, -0.05) is 37.3 Å². The van der Waals surface area contributed by atoms with Crippen LogP contribution in [-0.2, 0) is 6.54 Å². The molecule has 3 heteroatoms. The van der Waals surface area contributed by atoms with Gasteiger partial charge in [0.2, 0.25) is 0 Å². The lowest BCUT2D eigenvalue weighted by molar-refractivity contribution is 0.414. The fraction of sp³-hybridized carbons (Fsp3) is 0.333. The summed E-state index contributed by atoms with van der Waals surface area (Å²) in [6, 6.07) is 16.6. The zero-order valence-corrected chi connectivity index (χ0v) is 13.0. The molecule has 0 saturated carbocycles. The van der Waals surface area contributed by atoms with E-state index in [1.54, 1.807) is 7.11 Å². The Labute approximate surface area is 127 Å². The van der Waals surface area contributed by atoms with Crippen molar-refractivity contribution in [1.29, 1.82) is 0 Å². The fourth-order valence-electron chi connectivity index (χ4n) is 2.46. The van der Waals surface area contributed by atoms with Crippen LogP contribution in [0.1, 0.15) is 30.5 Å². The Bertz CT molecular complexity index is 566. The van der Waals surface area contributed by atoms with Crippen LogP contribution in [0.2, 0.25) is 0 Å². The maximum Gasteiger partial charge on any atom is 0.118 e. The van der Waals surface area contributed by atoms with E-state index in [0.717, 1.165) is 18.7 Å². The van der Waals surface area contributed by atoms with E-state index in [1.807, 2.05) is 12.1 Å². The predicted octanol–water partition coefficient (Wildman–Crippen LogP) is 3.74. The first-order valence-corrected chi connectivity index (χ1v) is 7.34. The van der Waals surface area contributed by atoms with E-state index < -0.39 is 0 Å². The lowest BCUT2D eigenvalue weighted by atomic mass is 10.0. The molecule has 0 heterocycles. The van der Waals surface area contributed by atoms with Crippen molar-refractivity contribution in [2.45, 2.75) is 25.9 Å². The molecule has 1 atom stereocenters. The highest BCUT2D eigenvalue weighted by Crippen LogP contribution is 2.27. The highest BCUT2D eigenvalue weighted by molar-refractivity contribution is 5.54. The molecule has 3 nitrogen and oxygen atoms in total. The lowest BCUT2D eigenvalue weighted by Gasteiger charge is -2.25. The van der Waals surface area contributed by atoms with Gasteiger partial charge >= 0.3 is 0 Å². The van der Waals surface area contributed by atoms with E-state index in [1.165, 1.54) is 16.8 Å². The summed E-state index contributed by atoms with van der Waals surface area (Å²) in [4.78, 5) is 2.24. The third-order valence-corrected chi connectivity index (χ3v) is 3.77. The van der Waals surface area contributed by atoms with Crippen LogP contribution in [0.15, 0.2) is 48.5 Å². The summed E-state index contributed by atoms with van der Waals surface area (Å²) in [5, 5.41) is 0. The van der Waals surface area contributed by atoms with Crippen molar-refractivity contribution in [3.63, 3.8) is 0 Å². The van der Waals surface area contributed by atoms with Crippen LogP contribution >= 0.6 is 0 Å². The third-order valence-electron chi connectivity index (χ3n) is 3.77. The number of hydrogen-bond donors (Lipinski definition) is 1. The van der Waals surface area contributed by atoms with Crippen LogP contribution in [-0.4, -0.2) is 14.2 Å². The zero-order valence-electron chi connectivity index (χ0n) is 13.0. The van der Waals surface area contributed by atoms with Crippen LogP contribution in [0.5, 0.6) is 5.75 Å². The van der Waals surface area contributed by atoms with Crippen LogP contribution in [0.3, 0.4) is 0 Å². The molecule has 0 bridgehead atoms. The van der Waals surface area contributed by atoms with Gasteiger partial charge in [-0.25, -0.2) is 0 Å². The number of nitrogens with zero attached hydrogens (tertiary/aromatic N) is 1. The Kier molecular flexibility index (Phi) is 5.23. The summed E-state index contributed by atoms with van der Waals surface area (Å²) in [6.45, 7) is 2.96. The molecule has 112 valence electrons. The molecule has 0 saturated heterocycles. The van der Waals surface area contributed by atoms with Crippen LogP contribution in [0.25, 0.3) is 0 Å². The van der Waals surface area contributed by atoms with Crippen molar-refractivity contribution >= 4 is 5.69 Å². The molecule has 0 fully saturated rings. The van der Waals surface area contributed by atoms with Gasteiger partial charge in [0.05, 0.1) is 7.11 Å². The maximum atomic E-state index is 6.22. The van der Waals surface area contributed by atoms with Gasteiger partial charge in [0.25, 0.3) is 0 Å². The quantitative estimate of drug-likeness (QED) is 0.878. The fourth-order valence-corrected chi connectivity index (χ4v) is 2.46. The van der Waals surface area contributed by atoms with Gasteiger partial charge in [-0.3, -0.25) is 0 Å². The monoisotopic (exact) mass is 284 g/mol. The second-order valence-corrected chi connectivity index (χ2v) is 5.28. The number of rotatable bonds is 6. The molecule has 2 rings (SSSR count). The molecule has 0 unspecified atom stereocenters. The Balaban J connectivity index is 2.17. The molecular formula is C18H24N2O. The summed E-state index contributed by atoms with van der Waals surface area (Å²) in [5.41, 5.74) is 9.87. The standard InChI is InChI=1S/C18H24N2O/c1-4-17(19)16-7-5-6-8-18(16)20(2)13-14-9-11-15(21-3)12-10-14/h5-12,17H,4,13,19H2,1-3H3/t17-/m0/s1. The first-order chi connectivity index (χ1) is 10.2. The smallest absolute Gasteiger partial charge is 0.118 e. The molecule has 0 spiro atoms. The normalized spacial score (nSPS) is 12.0. The maximum absolute atomic E-state index is 6.22. The SMILES string of the molecule is CC[C@H](N)c1ccccc1N(C)Cc1ccc(OC)cc1. The molecule has 21 heavy (non-hydrogen) atoms. The van der Waals surface area contributed by atoms with Crippen LogP contribution in [0, 0.1) is 0 Å². The summed E-state index contributed by atoms with van der Waals surface area (Å²) >= 11 is 0. The third kappa shape index (κ3) is 3.76. The number of nitrogens with two attached hydrogens (primary N) is 1. The van der Waals surface area contributed by atoms with Gasteiger partial charge in [0.1, 0.15) is 5.75 Å². The Morgan fingerprint density at radius 1 is 1.10 bits per heavy atom. The average molecular weight is 284 g/mol. The van der Waals surface area contributed by atoms with Gasteiger partial charge in [-0.15, -0.1) is 0 Å². The van der Waals surface area contributed by atoms with E-state index in [4.69, 9.17) is 10.5 Å². The molecule has 0 aliphatic heterocycles. The lowest BCUT2D eigenvalue weighted by Crippen LogP contribution is -2.20. The summed E-state index contributed by atoms with van der Waals surface area (Å²) in [7, 11) is 3.79. The summed E-state index contributed by atoms with van der Waals surface area (Å²) in [6.07, 6.45) is 0.938. The number of para-hydroxylation sites is 1. The van der Waals surface area contributed by atoms with Crippen LogP contribution in [0.4, 0.5) is 5.69 Å². The minimum absolute atomic E-state index is 0.0829. The molecule has 0 amide bonds. The van der Waals surface area contributed by atoms with Crippen molar-refractivity contribution in [3.8, 4) is 5.75 Å². The Morgan fingerprint density at radius 3 is 2.38 bits per heavy atom. The summed E-state index contributed by atoms with van der Waals surface area (Å²) in [5.74, 6) is 0.884. The molecule has 2 aromatic rings. The van der Waals surface area contributed by atoms with E-state index in [-0.39, 0.29) is 6.04 Å². The first-order valence-electron chi connectivity index (χ1n) is 7.34. The molecule has 0 aliphatic rings. The molecule has 2 N–H and O–H groups in total. The van der Waals surface area contributed by atoms with E-state index in [2.05, 4.69) is 55.3 Å². The molecule has 0 radical (unpaired) electrons. The average Bonchev–Trinajstić information content (AvgIpc) is 2.54. The highest BCUT2D eigenvalue weighted by Gasteiger charge is 2.12. The van der Waals surface area contributed by atoms with Crippen molar-refractivity contribution in [3.05, 3.63) is 59.7 Å². The Morgan fingerprint density at radius 2 is 1.76 bits per heavy atom. The van der Waals surface area contributed by atoms with Crippen molar-refractivity contribution in [2.75, 3.05) is 19.1 Å². The van der Waals surface area contributed by atoms with Crippen molar-refractivity contribution < 1.29 is 4.74 Å². The minimum atomic E-state index is 0.0829. The first kappa shape index (κ1) is 15.4. The number of hydrogen-bond acceptors (Lipinski definition) is 3. The van der Waals surface area contributed by atoms with Gasteiger partial charge in [-0.2, -0.15) is 0 Å². The largest absolute Gasteiger partial charge is 0.497 e. The number of ether oxygens (including phenoxy) is 1. The number of methoxy groups -OCH3 is 1. The summed E-state index contributed by atoms with van der Waals surface area (Å²) < 4.78 is 5.19. The van der Waals surface area contributed by atoms with Gasteiger partial charge < -0.3 is 15.4 Å². The number of anilines is 1. The van der Waals surface area contributed by atoms with Crippen molar-refractivity contribution in [1.82, 2.24) is 0 Å². The topological polar surface area (TPSA) is 38.5 Å². The highest BCUT2D eigenvalue weighted by atomic mass is 16.5. The second kappa shape index (κ2) is 7.14. The number of benzene rings is 2. The van der Waals surface area contributed by atoms with Crippen LogP contribution < -0.4 is 15.4 Å². The Hall–Kier alpha value is -2.00. The molecule has 0 aliphatic carbocycles. The van der Waals surface area contributed by atoms with E-state index >= 15 is 0 Å². The molecule has 2 aromatic carbocycles. The molecule has 0 aromatic heterocycles. The second-order valence-electron chi connectivity index (χ2n) is 5.28. The van der Waals surface area contributed by atoms with Gasteiger partial charge in [0, 0.05) is 25.3 Å². The van der Waals surface area contributed by atoms with E-state index in [0.29, 0.717) is 0 Å². The zero-order chi connectivity index (χ0) is 15.2. The minimum Gasteiger partial charge on any atom is -0.497 e. The van der Waals surface area contributed by atoms with E-state index in [9.17, 15) is 0 Å². The van der Waals surface area contributed by atoms with Crippen molar-refractivity contribution in [2.24, 2.45) is 5.73 Å².